The molecule has 0 unspecified atom stereocenters. The van der Waals surface area contributed by atoms with Crippen LogP contribution in [0.25, 0.3) is 5.69 Å². The fourth-order valence-electron chi connectivity index (χ4n) is 5.32. The van der Waals surface area contributed by atoms with Crippen LogP contribution in [0.1, 0.15) is 46.3 Å². The molecule has 1 aliphatic carbocycles. The second-order valence-corrected chi connectivity index (χ2v) is 9.69. The zero-order valence-corrected chi connectivity index (χ0v) is 21.3. The summed E-state index contributed by atoms with van der Waals surface area (Å²) in [5, 5.41) is 4.63. The van der Waals surface area contributed by atoms with E-state index in [2.05, 4.69) is 5.10 Å². The lowest BCUT2D eigenvalue weighted by Gasteiger charge is -2.34. The summed E-state index contributed by atoms with van der Waals surface area (Å²) >= 11 is 0. The molecule has 3 heterocycles. The second kappa shape index (κ2) is 9.29. The van der Waals surface area contributed by atoms with Gasteiger partial charge in [-0.3, -0.25) is 9.59 Å². The number of amides is 2. The molecule has 10 nitrogen and oxygen atoms in total. The van der Waals surface area contributed by atoms with E-state index in [1.807, 2.05) is 24.3 Å². The van der Waals surface area contributed by atoms with Crippen molar-refractivity contribution in [1.29, 1.82) is 0 Å². The number of aromatic nitrogens is 2. The summed E-state index contributed by atoms with van der Waals surface area (Å²) in [6.45, 7) is 3.45. The molecule has 3 aromatic rings. The number of hydrogen-bond donors (Lipinski definition) is 0. The van der Waals surface area contributed by atoms with E-state index in [1.54, 1.807) is 52.8 Å². The number of hydrogen-bond acceptors (Lipinski definition) is 7. The number of morpholine rings is 1. The van der Waals surface area contributed by atoms with Gasteiger partial charge in [0.2, 0.25) is 0 Å². The van der Waals surface area contributed by atoms with E-state index in [4.69, 9.17) is 14.2 Å². The highest BCUT2D eigenvalue weighted by molar-refractivity contribution is 6.10. The number of fused-ring (bicyclic) bond motifs is 2. The highest BCUT2D eigenvalue weighted by Gasteiger charge is 2.56. The minimum atomic E-state index is -0.525. The summed E-state index contributed by atoms with van der Waals surface area (Å²) in [6.07, 6.45) is 1.68. The maximum Gasteiger partial charge on any atom is 0.359 e. The SMILES string of the molecule is CCOC(=O)c1nn(-c2ccc(OC)cc2)c2c1C1(CC1)CN(c1ccc(N3CCOCC3=O)cc1)C2=O. The standard InChI is InChI=1S/C28H28N4O6/c1-3-38-27(35)24-23-25(32(29-24)20-8-10-21(36-2)11-9-20)26(34)31(17-28(23)12-13-28)19-6-4-18(5-7-19)30-14-15-37-16-22(30)33/h4-11H,3,12-17H2,1-2H3. The van der Waals surface area contributed by atoms with E-state index in [0.717, 1.165) is 24.2 Å². The smallest absolute Gasteiger partial charge is 0.359 e. The number of ether oxygens (including phenoxy) is 3. The lowest BCUT2D eigenvalue weighted by Crippen LogP contribution is -2.45. The molecular weight excluding hydrogens is 488 g/mol. The van der Waals surface area contributed by atoms with Crippen molar-refractivity contribution in [2.45, 2.75) is 25.2 Å². The lowest BCUT2D eigenvalue weighted by atomic mass is 9.88. The largest absolute Gasteiger partial charge is 0.497 e. The summed E-state index contributed by atoms with van der Waals surface area (Å²) in [6, 6.07) is 14.6. The summed E-state index contributed by atoms with van der Waals surface area (Å²) in [4.78, 5) is 42.8. The van der Waals surface area contributed by atoms with Crippen LogP contribution in [0.5, 0.6) is 5.75 Å². The third-order valence-electron chi connectivity index (χ3n) is 7.42. The molecule has 1 saturated carbocycles. The van der Waals surface area contributed by atoms with E-state index in [0.29, 0.717) is 42.4 Å². The zero-order chi connectivity index (χ0) is 26.4. The van der Waals surface area contributed by atoms with Crippen LogP contribution in [-0.4, -0.2) is 67.6 Å². The van der Waals surface area contributed by atoms with Crippen LogP contribution in [0.15, 0.2) is 48.5 Å². The highest BCUT2D eigenvalue weighted by Crippen LogP contribution is 2.54. The molecule has 196 valence electrons. The van der Waals surface area contributed by atoms with Gasteiger partial charge in [-0.15, -0.1) is 0 Å². The van der Waals surface area contributed by atoms with Gasteiger partial charge in [0.05, 0.1) is 26.0 Å². The summed E-state index contributed by atoms with van der Waals surface area (Å²) in [7, 11) is 1.59. The predicted molar refractivity (Wildman–Crippen MR) is 138 cm³/mol. The van der Waals surface area contributed by atoms with Crippen molar-refractivity contribution in [3.8, 4) is 11.4 Å². The molecule has 10 heteroatoms. The first-order chi connectivity index (χ1) is 18.5. The summed E-state index contributed by atoms with van der Waals surface area (Å²) < 4.78 is 17.4. The van der Waals surface area contributed by atoms with Crippen molar-refractivity contribution in [3.63, 3.8) is 0 Å². The monoisotopic (exact) mass is 516 g/mol. The highest BCUT2D eigenvalue weighted by atomic mass is 16.5. The van der Waals surface area contributed by atoms with E-state index in [1.165, 1.54) is 0 Å². The summed E-state index contributed by atoms with van der Waals surface area (Å²) in [5.74, 6) is -0.185. The Labute approximate surface area is 219 Å². The maximum absolute atomic E-state index is 14.1. The number of methoxy groups -OCH3 is 1. The Kier molecular flexibility index (Phi) is 5.91. The molecule has 2 fully saturated rings. The van der Waals surface area contributed by atoms with Crippen LogP contribution < -0.4 is 14.5 Å². The van der Waals surface area contributed by atoms with Gasteiger partial charge in [0.1, 0.15) is 18.1 Å². The average molecular weight is 517 g/mol. The van der Waals surface area contributed by atoms with Gasteiger partial charge in [0.15, 0.2) is 5.69 Å². The Morgan fingerprint density at radius 1 is 1.00 bits per heavy atom. The van der Waals surface area contributed by atoms with Gasteiger partial charge >= 0.3 is 5.97 Å². The number of rotatable bonds is 6. The van der Waals surface area contributed by atoms with Gasteiger partial charge in [-0.25, -0.2) is 9.48 Å². The quantitative estimate of drug-likeness (QED) is 0.464. The molecular formula is C28H28N4O6. The van der Waals surface area contributed by atoms with Crippen molar-refractivity contribution in [2.75, 3.05) is 49.8 Å². The van der Waals surface area contributed by atoms with Crippen LogP contribution >= 0.6 is 0 Å². The van der Waals surface area contributed by atoms with Crippen molar-refractivity contribution >= 4 is 29.2 Å². The Bertz CT molecular complexity index is 1410. The number of nitrogens with zero attached hydrogens (tertiary/aromatic N) is 4. The van der Waals surface area contributed by atoms with Gasteiger partial charge in [-0.05, 0) is 68.3 Å². The van der Waals surface area contributed by atoms with Crippen LogP contribution in [0.2, 0.25) is 0 Å². The lowest BCUT2D eigenvalue weighted by molar-refractivity contribution is -0.125. The van der Waals surface area contributed by atoms with Gasteiger partial charge in [0.25, 0.3) is 11.8 Å². The molecule has 3 aliphatic rings. The molecule has 0 atom stereocenters. The van der Waals surface area contributed by atoms with E-state index < -0.39 is 5.97 Å². The molecule has 38 heavy (non-hydrogen) atoms. The van der Waals surface area contributed by atoms with Crippen molar-refractivity contribution in [3.05, 3.63) is 65.5 Å². The first-order valence-electron chi connectivity index (χ1n) is 12.7. The number of carbonyl (C=O) groups excluding carboxylic acids is 3. The average Bonchev–Trinajstić information content (AvgIpc) is 3.59. The molecule has 1 saturated heterocycles. The fraction of sp³-hybridized carbons (Fsp3) is 0.357. The van der Waals surface area contributed by atoms with Gasteiger partial charge in [-0.1, -0.05) is 0 Å². The maximum atomic E-state index is 14.1. The number of carbonyl (C=O) groups is 3. The van der Waals surface area contributed by atoms with Crippen LogP contribution in [0, 0.1) is 0 Å². The van der Waals surface area contributed by atoms with Crippen LogP contribution in [-0.2, 0) is 19.7 Å². The molecule has 2 aliphatic heterocycles. The van der Waals surface area contributed by atoms with Gasteiger partial charge in [-0.2, -0.15) is 5.10 Å². The van der Waals surface area contributed by atoms with Gasteiger partial charge < -0.3 is 24.0 Å². The molecule has 0 bridgehead atoms. The van der Waals surface area contributed by atoms with E-state index >= 15 is 0 Å². The normalized spacial score (nSPS) is 17.9. The minimum absolute atomic E-state index is 0.0653. The molecule has 2 amide bonds. The van der Waals surface area contributed by atoms with Crippen molar-refractivity contribution in [1.82, 2.24) is 9.78 Å². The van der Waals surface area contributed by atoms with Gasteiger partial charge in [0, 0.05) is 35.4 Å². The fourth-order valence-corrected chi connectivity index (χ4v) is 5.32. The molecule has 6 rings (SSSR count). The predicted octanol–water partition coefficient (Wildman–Crippen LogP) is 3.11. The number of benzene rings is 2. The minimum Gasteiger partial charge on any atom is -0.497 e. The molecule has 0 radical (unpaired) electrons. The van der Waals surface area contributed by atoms with E-state index in [-0.39, 0.29) is 36.1 Å². The topological polar surface area (TPSA) is 103 Å². The number of esters is 1. The summed E-state index contributed by atoms with van der Waals surface area (Å²) in [5.41, 5.74) is 3.00. The van der Waals surface area contributed by atoms with Crippen molar-refractivity contribution in [2.24, 2.45) is 0 Å². The third kappa shape index (κ3) is 3.92. The first kappa shape index (κ1) is 24.2. The Morgan fingerprint density at radius 2 is 1.66 bits per heavy atom. The molecule has 2 aromatic carbocycles. The Morgan fingerprint density at radius 3 is 2.26 bits per heavy atom. The second-order valence-electron chi connectivity index (χ2n) is 9.69. The first-order valence-corrected chi connectivity index (χ1v) is 12.7. The molecule has 0 N–H and O–H groups in total. The van der Waals surface area contributed by atoms with Crippen LogP contribution in [0.4, 0.5) is 11.4 Å². The van der Waals surface area contributed by atoms with Crippen molar-refractivity contribution < 1.29 is 28.6 Å². The Hall–Kier alpha value is -4.18. The molecule has 1 aromatic heterocycles. The Balaban J connectivity index is 1.42. The van der Waals surface area contributed by atoms with Crippen LogP contribution in [0.3, 0.4) is 0 Å². The molecule has 1 spiro atoms. The zero-order valence-electron chi connectivity index (χ0n) is 21.3. The van der Waals surface area contributed by atoms with E-state index in [9.17, 15) is 14.4 Å². The third-order valence-corrected chi connectivity index (χ3v) is 7.42. The number of anilines is 2.